The van der Waals surface area contributed by atoms with Crippen molar-refractivity contribution in [3.63, 3.8) is 0 Å². The molecule has 4 rings (SSSR count). The van der Waals surface area contributed by atoms with Crippen LogP contribution >= 0.6 is 0 Å². The van der Waals surface area contributed by atoms with Gasteiger partial charge in [-0.2, -0.15) is 5.10 Å². The summed E-state index contributed by atoms with van der Waals surface area (Å²) in [6.45, 7) is 1.13. The molecule has 2 amide bonds. The van der Waals surface area contributed by atoms with E-state index in [0.29, 0.717) is 42.3 Å². The number of rotatable bonds is 3. The molecule has 0 aromatic heterocycles. The van der Waals surface area contributed by atoms with Gasteiger partial charge >= 0.3 is 0 Å². The Bertz CT molecular complexity index is 835. The minimum Gasteiger partial charge on any atom is -0.454 e. The van der Waals surface area contributed by atoms with Gasteiger partial charge in [0.2, 0.25) is 12.7 Å². The Morgan fingerprint density at radius 1 is 1.19 bits per heavy atom. The van der Waals surface area contributed by atoms with Gasteiger partial charge in [-0.3, -0.25) is 14.4 Å². The number of carbonyl (C=O) groups excluding carboxylic acids is 3. The van der Waals surface area contributed by atoms with Gasteiger partial charge in [0.1, 0.15) is 5.71 Å². The van der Waals surface area contributed by atoms with E-state index in [2.05, 4.69) is 5.10 Å². The summed E-state index contributed by atoms with van der Waals surface area (Å²) in [4.78, 5) is 38.9. The lowest BCUT2D eigenvalue weighted by molar-refractivity contribution is -0.130. The van der Waals surface area contributed by atoms with Crippen molar-refractivity contribution in [2.24, 2.45) is 11.0 Å². The summed E-state index contributed by atoms with van der Waals surface area (Å²) in [7, 11) is 1.55. The molecule has 8 nitrogen and oxygen atoms in total. The standard InChI is InChI=1S/C19H21N3O5/c1-21-17(23)7-5-14(20-21)19(25)22-8-2-3-13(10-22)18(24)12-4-6-15-16(9-12)27-11-26-15/h4,6,9,13H,2-3,5,7-8,10-11H2,1H3. The van der Waals surface area contributed by atoms with Crippen LogP contribution in [0.25, 0.3) is 0 Å². The molecule has 1 saturated heterocycles. The lowest BCUT2D eigenvalue weighted by Crippen LogP contribution is -2.46. The summed E-state index contributed by atoms with van der Waals surface area (Å²) in [5, 5.41) is 5.32. The van der Waals surface area contributed by atoms with Gasteiger partial charge in [0, 0.05) is 44.5 Å². The monoisotopic (exact) mass is 371 g/mol. The first-order valence-electron chi connectivity index (χ1n) is 9.10. The Balaban J connectivity index is 1.46. The third-order valence-electron chi connectivity index (χ3n) is 5.19. The van der Waals surface area contributed by atoms with Crippen molar-refractivity contribution in [3.8, 4) is 11.5 Å². The average molecular weight is 371 g/mol. The van der Waals surface area contributed by atoms with Gasteiger partial charge in [0.15, 0.2) is 17.3 Å². The van der Waals surface area contributed by atoms with E-state index in [1.165, 1.54) is 5.01 Å². The van der Waals surface area contributed by atoms with E-state index in [1.807, 2.05) is 0 Å². The van der Waals surface area contributed by atoms with Gasteiger partial charge in [0.25, 0.3) is 5.91 Å². The van der Waals surface area contributed by atoms with Gasteiger partial charge in [-0.05, 0) is 31.0 Å². The summed E-state index contributed by atoms with van der Waals surface area (Å²) in [5.74, 6) is 0.684. The van der Waals surface area contributed by atoms with Crippen LogP contribution in [-0.2, 0) is 9.59 Å². The van der Waals surface area contributed by atoms with Crippen molar-refractivity contribution < 1.29 is 23.9 Å². The van der Waals surface area contributed by atoms with Crippen molar-refractivity contribution in [1.29, 1.82) is 0 Å². The molecule has 0 spiro atoms. The van der Waals surface area contributed by atoms with Crippen LogP contribution in [0, 0.1) is 5.92 Å². The lowest BCUT2D eigenvalue weighted by atomic mass is 9.89. The van der Waals surface area contributed by atoms with Crippen LogP contribution in [0.2, 0.25) is 0 Å². The SMILES string of the molecule is CN1N=C(C(=O)N2CCCC(C(=O)c3ccc4c(c3)OCO4)C2)CCC1=O. The summed E-state index contributed by atoms with van der Waals surface area (Å²) in [6, 6.07) is 5.19. The molecule has 1 aromatic rings. The molecular formula is C19H21N3O5. The molecule has 142 valence electrons. The second-order valence-corrected chi connectivity index (χ2v) is 6.99. The van der Waals surface area contributed by atoms with Gasteiger partial charge in [0.05, 0.1) is 0 Å². The number of ether oxygens (including phenoxy) is 2. The van der Waals surface area contributed by atoms with Crippen LogP contribution in [0.3, 0.4) is 0 Å². The van der Waals surface area contributed by atoms with Crippen molar-refractivity contribution >= 4 is 23.3 Å². The van der Waals surface area contributed by atoms with Crippen LogP contribution in [0.4, 0.5) is 0 Å². The highest BCUT2D eigenvalue weighted by Crippen LogP contribution is 2.34. The zero-order valence-electron chi connectivity index (χ0n) is 15.1. The minimum atomic E-state index is -0.258. The first-order chi connectivity index (χ1) is 13.0. The number of carbonyl (C=O) groups is 3. The molecule has 0 aliphatic carbocycles. The van der Waals surface area contributed by atoms with E-state index in [4.69, 9.17) is 9.47 Å². The van der Waals surface area contributed by atoms with Crippen molar-refractivity contribution in [3.05, 3.63) is 23.8 Å². The van der Waals surface area contributed by atoms with E-state index >= 15 is 0 Å². The molecular weight excluding hydrogens is 350 g/mol. The van der Waals surface area contributed by atoms with Crippen molar-refractivity contribution in [2.75, 3.05) is 26.9 Å². The molecule has 1 atom stereocenters. The fraction of sp³-hybridized carbons (Fsp3) is 0.474. The largest absolute Gasteiger partial charge is 0.454 e. The number of hydrogen-bond acceptors (Lipinski definition) is 6. The molecule has 27 heavy (non-hydrogen) atoms. The third kappa shape index (κ3) is 3.39. The maximum atomic E-state index is 12.9. The van der Waals surface area contributed by atoms with E-state index in [-0.39, 0.29) is 36.7 Å². The molecule has 8 heteroatoms. The Kier molecular flexibility index (Phi) is 4.55. The minimum absolute atomic E-state index is 0.00341. The van der Waals surface area contributed by atoms with E-state index in [0.717, 1.165) is 12.8 Å². The average Bonchev–Trinajstić information content (AvgIpc) is 3.17. The molecule has 1 unspecified atom stereocenters. The number of hydrazone groups is 1. The van der Waals surface area contributed by atoms with Crippen LogP contribution in [-0.4, -0.2) is 60.1 Å². The Labute approximate surface area is 156 Å². The van der Waals surface area contributed by atoms with Crippen molar-refractivity contribution in [1.82, 2.24) is 9.91 Å². The number of piperidine rings is 1. The molecule has 0 radical (unpaired) electrons. The molecule has 1 aromatic carbocycles. The van der Waals surface area contributed by atoms with Crippen molar-refractivity contribution in [2.45, 2.75) is 25.7 Å². The number of benzene rings is 1. The molecule has 0 N–H and O–H groups in total. The molecule has 3 aliphatic rings. The third-order valence-corrected chi connectivity index (χ3v) is 5.19. The Hall–Kier alpha value is -2.90. The Morgan fingerprint density at radius 2 is 2.00 bits per heavy atom. The zero-order chi connectivity index (χ0) is 19.0. The number of hydrogen-bond donors (Lipinski definition) is 0. The number of amides is 2. The number of likely N-dealkylation sites (tertiary alicyclic amines) is 1. The van der Waals surface area contributed by atoms with Crippen LogP contribution in [0.5, 0.6) is 11.5 Å². The van der Waals surface area contributed by atoms with E-state index < -0.39 is 0 Å². The van der Waals surface area contributed by atoms with E-state index in [9.17, 15) is 14.4 Å². The van der Waals surface area contributed by atoms with Gasteiger partial charge < -0.3 is 14.4 Å². The maximum Gasteiger partial charge on any atom is 0.270 e. The molecule has 0 bridgehead atoms. The number of Topliss-reactive ketones (excluding diaryl/α,β-unsaturated/α-hetero) is 1. The van der Waals surface area contributed by atoms with Crippen LogP contribution < -0.4 is 9.47 Å². The van der Waals surface area contributed by atoms with Gasteiger partial charge in [-0.1, -0.05) is 0 Å². The van der Waals surface area contributed by atoms with Crippen LogP contribution in [0.15, 0.2) is 23.3 Å². The van der Waals surface area contributed by atoms with Gasteiger partial charge in [-0.15, -0.1) is 0 Å². The normalized spacial score (nSPS) is 21.9. The highest BCUT2D eigenvalue weighted by molar-refractivity contribution is 6.39. The summed E-state index contributed by atoms with van der Waals surface area (Å²) in [6.07, 6.45) is 2.13. The topological polar surface area (TPSA) is 88.5 Å². The Morgan fingerprint density at radius 3 is 2.81 bits per heavy atom. The van der Waals surface area contributed by atoms with Gasteiger partial charge in [-0.25, -0.2) is 5.01 Å². The smallest absolute Gasteiger partial charge is 0.270 e. The second-order valence-electron chi connectivity index (χ2n) is 6.99. The molecule has 0 saturated carbocycles. The highest BCUT2D eigenvalue weighted by atomic mass is 16.7. The fourth-order valence-corrected chi connectivity index (χ4v) is 3.67. The predicted octanol–water partition coefficient (Wildman–Crippen LogP) is 1.44. The first kappa shape index (κ1) is 17.5. The summed E-state index contributed by atoms with van der Waals surface area (Å²) >= 11 is 0. The molecule has 3 aliphatic heterocycles. The maximum absolute atomic E-state index is 12.9. The molecule has 1 fully saturated rings. The van der Waals surface area contributed by atoms with E-state index in [1.54, 1.807) is 30.1 Å². The fourth-order valence-electron chi connectivity index (χ4n) is 3.67. The first-order valence-corrected chi connectivity index (χ1v) is 9.10. The number of ketones is 1. The summed E-state index contributed by atoms with van der Waals surface area (Å²) < 4.78 is 10.6. The lowest BCUT2D eigenvalue weighted by Gasteiger charge is -2.33. The highest BCUT2D eigenvalue weighted by Gasteiger charge is 2.33. The number of nitrogens with zero attached hydrogens (tertiary/aromatic N) is 3. The number of fused-ring (bicyclic) bond motifs is 1. The van der Waals surface area contributed by atoms with Crippen LogP contribution in [0.1, 0.15) is 36.0 Å². The molecule has 3 heterocycles. The summed E-state index contributed by atoms with van der Waals surface area (Å²) in [5.41, 5.74) is 0.951. The second kappa shape index (κ2) is 7.02. The zero-order valence-corrected chi connectivity index (χ0v) is 15.1. The predicted molar refractivity (Wildman–Crippen MR) is 95.6 cm³/mol. The quantitative estimate of drug-likeness (QED) is 0.751.